The summed E-state index contributed by atoms with van der Waals surface area (Å²) in [5.41, 5.74) is 2.67. The lowest BCUT2D eigenvalue weighted by atomic mass is 9.86. The van der Waals surface area contributed by atoms with Gasteiger partial charge in [0.15, 0.2) is 0 Å². The molecule has 26 heavy (non-hydrogen) atoms. The summed E-state index contributed by atoms with van der Waals surface area (Å²) < 4.78 is 12.6. The molecule has 0 spiro atoms. The molecule has 2 rings (SSSR count). The molecule has 0 radical (unpaired) electrons. The number of nitrogens with one attached hydrogen (secondary N) is 1. The fourth-order valence-corrected chi connectivity index (χ4v) is 10.6. The number of carbonyl (C=O) groups excluding carboxylic acids is 1. The molecule has 1 aliphatic carbocycles. The Bertz CT molecular complexity index is 555. The number of hydrogen-bond donors (Lipinski definition) is 1. The van der Waals surface area contributed by atoms with E-state index < -0.39 is 8.32 Å². The standard InChI is InChI=1S/C21H35NO3Si/c1-8-9-10-22-18-11-17-12-21(23)24-19(17)13-20(18)25-26(14(2)3,15(4)5)16(6)7/h1,12,14-16,18-20,22H,9-11,13H2,2-7H3/t18-,19-,20-/m0/s1. The van der Waals surface area contributed by atoms with Gasteiger partial charge < -0.3 is 14.5 Å². The van der Waals surface area contributed by atoms with Gasteiger partial charge in [0.05, 0.1) is 6.10 Å². The van der Waals surface area contributed by atoms with Gasteiger partial charge in [-0.3, -0.25) is 0 Å². The molecule has 1 saturated carbocycles. The van der Waals surface area contributed by atoms with Crippen LogP contribution in [0.5, 0.6) is 0 Å². The molecular weight excluding hydrogens is 342 g/mol. The summed E-state index contributed by atoms with van der Waals surface area (Å²) in [4.78, 5) is 11.7. The van der Waals surface area contributed by atoms with E-state index >= 15 is 0 Å². The number of carbonyl (C=O) groups is 1. The van der Waals surface area contributed by atoms with Gasteiger partial charge in [0.2, 0.25) is 8.32 Å². The van der Waals surface area contributed by atoms with Crippen LogP contribution in [0.3, 0.4) is 0 Å². The van der Waals surface area contributed by atoms with Crippen molar-refractivity contribution in [1.82, 2.24) is 5.32 Å². The number of esters is 1. The first kappa shape index (κ1) is 21.2. The highest BCUT2D eigenvalue weighted by Gasteiger charge is 2.49. The zero-order chi connectivity index (χ0) is 19.5. The molecule has 2 aliphatic rings. The summed E-state index contributed by atoms with van der Waals surface area (Å²) in [6, 6.07) is 0.184. The van der Waals surface area contributed by atoms with Gasteiger partial charge in [-0.2, -0.15) is 0 Å². The van der Waals surface area contributed by atoms with Gasteiger partial charge in [-0.15, -0.1) is 12.3 Å². The van der Waals surface area contributed by atoms with E-state index in [0.29, 0.717) is 23.0 Å². The molecule has 1 aliphatic heterocycles. The Kier molecular flexibility index (Phi) is 7.12. The number of fused-ring (bicyclic) bond motifs is 1. The van der Waals surface area contributed by atoms with E-state index in [9.17, 15) is 4.79 Å². The topological polar surface area (TPSA) is 47.6 Å². The van der Waals surface area contributed by atoms with Crippen LogP contribution in [0.1, 0.15) is 60.8 Å². The minimum Gasteiger partial charge on any atom is -0.455 e. The average Bonchev–Trinajstić information content (AvgIpc) is 2.90. The summed E-state index contributed by atoms with van der Waals surface area (Å²) in [5.74, 6) is 2.48. The quantitative estimate of drug-likeness (QED) is 0.298. The second-order valence-electron chi connectivity index (χ2n) is 8.57. The Morgan fingerprint density at radius 3 is 2.42 bits per heavy atom. The Morgan fingerprint density at radius 2 is 1.88 bits per heavy atom. The van der Waals surface area contributed by atoms with Crippen molar-refractivity contribution in [2.75, 3.05) is 6.54 Å². The summed E-state index contributed by atoms with van der Waals surface area (Å²) >= 11 is 0. The fourth-order valence-electron chi connectivity index (χ4n) is 4.98. The molecule has 0 aromatic carbocycles. The molecule has 1 N–H and O–H groups in total. The van der Waals surface area contributed by atoms with Crippen LogP contribution in [0.25, 0.3) is 0 Å². The summed E-state index contributed by atoms with van der Waals surface area (Å²) in [6.45, 7) is 14.6. The first-order valence-corrected chi connectivity index (χ1v) is 12.1. The minimum atomic E-state index is -2.01. The maximum absolute atomic E-state index is 11.7. The van der Waals surface area contributed by atoms with Crippen molar-refractivity contribution in [3.63, 3.8) is 0 Å². The molecule has 0 aromatic heterocycles. The maximum atomic E-state index is 11.7. The van der Waals surface area contributed by atoms with Crippen molar-refractivity contribution in [3.05, 3.63) is 11.6 Å². The second-order valence-corrected chi connectivity index (χ2v) is 14.0. The van der Waals surface area contributed by atoms with Gasteiger partial charge in [0, 0.05) is 31.5 Å². The van der Waals surface area contributed by atoms with Gasteiger partial charge in [0.1, 0.15) is 6.10 Å². The zero-order valence-electron chi connectivity index (χ0n) is 17.2. The predicted molar refractivity (Wildman–Crippen MR) is 108 cm³/mol. The third-order valence-electron chi connectivity index (χ3n) is 6.06. The molecule has 0 aromatic rings. The largest absolute Gasteiger partial charge is 0.455 e. The molecule has 4 nitrogen and oxygen atoms in total. The Balaban J connectivity index is 2.25. The third kappa shape index (κ3) is 4.24. The molecule has 3 atom stereocenters. The van der Waals surface area contributed by atoms with Crippen molar-refractivity contribution in [2.45, 2.75) is 95.7 Å². The molecule has 1 fully saturated rings. The van der Waals surface area contributed by atoms with E-state index in [-0.39, 0.29) is 24.2 Å². The predicted octanol–water partition coefficient (Wildman–Crippen LogP) is 4.17. The highest BCUT2D eigenvalue weighted by molar-refractivity contribution is 6.77. The third-order valence-corrected chi connectivity index (χ3v) is 12.2. The second kappa shape index (κ2) is 8.73. The number of ether oxygens (including phenoxy) is 1. The van der Waals surface area contributed by atoms with Crippen molar-refractivity contribution in [3.8, 4) is 12.3 Å². The highest BCUT2D eigenvalue weighted by Crippen LogP contribution is 2.45. The number of terminal acetylenes is 1. The highest BCUT2D eigenvalue weighted by atomic mass is 28.4. The molecule has 0 bridgehead atoms. The lowest BCUT2D eigenvalue weighted by molar-refractivity contribution is -0.140. The number of rotatable bonds is 8. The van der Waals surface area contributed by atoms with Crippen LogP contribution in [-0.2, 0) is 14.0 Å². The van der Waals surface area contributed by atoms with Crippen molar-refractivity contribution in [2.24, 2.45) is 0 Å². The van der Waals surface area contributed by atoms with E-state index in [1.807, 2.05) is 0 Å². The molecule has 0 amide bonds. The van der Waals surface area contributed by atoms with Crippen LogP contribution >= 0.6 is 0 Å². The van der Waals surface area contributed by atoms with Gasteiger partial charge in [0.25, 0.3) is 0 Å². The van der Waals surface area contributed by atoms with Gasteiger partial charge in [-0.25, -0.2) is 4.79 Å². The Morgan fingerprint density at radius 1 is 1.27 bits per heavy atom. The van der Waals surface area contributed by atoms with Crippen LogP contribution < -0.4 is 5.32 Å². The van der Waals surface area contributed by atoms with E-state index in [4.69, 9.17) is 15.6 Å². The Hall–Kier alpha value is -1.09. The maximum Gasteiger partial charge on any atom is 0.331 e. The van der Waals surface area contributed by atoms with Crippen molar-refractivity contribution < 1.29 is 14.0 Å². The van der Waals surface area contributed by atoms with Crippen LogP contribution in [0.4, 0.5) is 0 Å². The van der Waals surface area contributed by atoms with Crippen LogP contribution in [0.15, 0.2) is 11.6 Å². The lowest BCUT2D eigenvalue weighted by Gasteiger charge is -2.48. The van der Waals surface area contributed by atoms with Crippen LogP contribution in [-0.4, -0.2) is 39.1 Å². The van der Waals surface area contributed by atoms with Gasteiger partial charge in [-0.05, 0) is 28.6 Å². The van der Waals surface area contributed by atoms with E-state index in [1.165, 1.54) is 0 Å². The van der Waals surface area contributed by atoms with E-state index in [2.05, 4.69) is 52.8 Å². The fraction of sp³-hybridized carbons (Fsp3) is 0.762. The van der Waals surface area contributed by atoms with Crippen molar-refractivity contribution in [1.29, 1.82) is 0 Å². The smallest absolute Gasteiger partial charge is 0.331 e. The SMILES string of the molecule is C#CCCN[C@H]1CC2=CC(=O)O[C@H]2C[C@@H]1O[Si](C(C)C)(C(C)C)C(C)C. The van der Waals surface area contributed by atoms with Crippen LogP contribution in [0.2, 0.25) is 16.6 Å². The zero-order valence-corrected chi connectivity index (χ0v) is 18.2. The average molecular weight is 378 g/mol. The van der Waals surface area contributed by atoms with Gasteiger partial charge in [-0.1, -0.05) is 41.5 Å². The monoisotopic (exact) mass is 377 g/mol. The lowest BCUT2D eigenvalue weighted by Crippen LogP contribution is -2.57. The van der Waals surface area contributed by atoms with Gasteiger partial charge >= 0.3 is 5.97 Å². The first-order valence-electron chi connectivity index (χ1n) is 9.98. The van der Waals surface area contributed by atoms with E-state index in [1.54, 1.807) is 6.08 Å². The number of hydrogen-bond acceptors (Lipinski definition) is 4. The Labute approximate surface area is 160 Å². The summed E-state index contributed by atoms with van der Waals surface area (Å²) in [5, 5.41) is 3.59. The minimum absolute atomic E-state index is 0.0553. The molecule has 0 unspecified atom stereocenters. The van der Waals surface area contributed by atoms with Crippen molar-refractivity contribution >= 4 is 14.3 Å². The molecule has 0 saturated heterocycles. The normalized spacial score (nSPS) is 26.1. The molecule has 5 heteroatoms. The summed E-state index contributed by atoms with van der Waals surface area (Å²) in [6.07, 6.45) is 9.25. The molecular formula is C21H35NO3Si. The first-order chi connectivity index (χ1) is 12.2. The molecule has 146 valence electrons. The van der Waals surface area contributed by atoms with E-state index in [0.717, 1.165) is 25.0 Å². The molecule has 1 heterocycles. The summed E-state index contributed by atoms with van der Waals surface area (Å²) in [7, 11) is -2.01. The van der Waals surface area contributed by atoms with Crippen LogP contribution in [0, 0.1) is 12.3 Å².